The van der Waals surface area contributed by atoms with Crippen LogP contribution in [0.15, 0.2) is 0 Å². The second-order valence-electron chi connectivity index (χ2n) is 4.21. The number of nitrogens with one attached hydrogen (secondary N) is 1. The van der Waals surface area contributed by atoms with Crippen molar-refractivity contribution in [2.75, 3.05) is 20.3 Å². The fraction of sp³-hybridized carbons (Fsp3) is 0.818. The van der Waals surface area contributed by atoms with Crippen molar-refractivity contribution in [2.24, 2.45) is 11.8 Å². The van der Waals surface area contributed by atoms with Crippen LogP contribution >= 0.6 is 0 Å². The van der Waals surface area contributed by atoms with Gasteiger partial charge in [0, 0.05) is 20.1 Å². The normalized spacial score (nSPS) is 12.5. The first-order valence-corrected chi connectivity index (χ1v) is 5.45. The van der Waals surface area contributed by atoms with Gasteiger partial charge in [-0.25, -0.2) is 0 Å². The van der Waals surface area contributed by atoms with E-state index in [2.05, 4.69) is 5.32 Å². The number of hydrogen-bond acceptors (Lipinski definition) is 3. The third-order valence-corrected chi connectivity index (χ3v) is 2.18. The van der Waals surface area contributed by atoms with Crippen molar-refractivity contribution in [1.29, 1.82) is 0 Å². The number of rotatable bonds is 8. The van der Waals surface area contributed by atoms with Crippen LogP contribution in [0.25, 0.3) is 0 Å². The third kappa shape index (κ3) is 7.23. The first-order chi connectivity index (χ1) is 7.47. The molecule has 0 aromatic rings. The quantitative estimate of drug-likeness (QED) is 0.650. The lowest BCUT2D eigenvalue weighted by atomic mass is 9.97. The average molecular weight is 231 g/mol. The Morgan fingerprint density at radius 3 is 2.44 bits per heavy atom. The van der Waals surface area contributed by atoms with E-state index in [4.69, 9.17) is 9.84 Å². The number of amides is 1. The standard InChI is InChI=1S/C11H21NO4/c1-8(2)6-9(11(14)15)7-12-10(13)4-5-16-3/h8-9H,4-7H2,1-3H3,(H,12,13)(H,14,15). The number of carboxylic acid groups (broad SMARTS) is 1. The molecule has 0 aliphatic carbocycles. The molecule has 0 aliphatic heterocycles. The number of methoxy groups -OCH3 is 1. The molecular weight excluding hydrogens is 210 g/mol. The molecule has 0 heterocycles. The predicted molar refractivity (Wildman–Crippen MR) is 60.1 cm³/mol. The fourth-order valence-electron chi connectivity index (χ4n) is 1.36. The van der Waals surface area contributed by atoms with Crippen LogP contribution < -0.4 is 5.32 Å². The van der Waals surface area contributed by atoms with E-state index >= 15 is 0 Å². The van der Waals surface area contributed by atoms with E-state index in [-0.39, 0.29) is 18.9 Å². The summed E-state index contributed by atoms with van der Waals surface area (Å²) in [5, 5.41) is 11.5. The van der Waals surface area contributed by atoms with Gasteiger partial charge in [-0.3, -0.25) is 9.59 Å². The van der Waals surface area contributed by atoms with Gasteiger partial charge in [-0.05, 0) is 12.3 Å². The summed E-state index contributed by atoms with van der Waals surface area (Å²) in [5.74, 6) is -1.24. The van der Waals surface area contributed by atoms with E-state index in [1.54, 1.807) is 0 Å². The number of carbonyl (C=O) groups excluding carboxylic acids is 1. The van der Waals surface area contributed by atoms with Crippen molar-refractivity contribution in [2.45, 2.75) is 26.7 Å². The number of hydrogen-bond donors (Lipinski definition) is 2. The average Bonchev–Trinajstić information content (AvgIpc) is 2.20. The molecule has 1 atom stereocenters. The minimum absolute atomic E-state index is 0.170. The monoisotopic (exact) mass is 231 g/mol. The molecule has 0 spiro atoms. The van der Waals surface area contributed by atoms with Crippen molar-refractivity contribution >= 4 is 11.9 Å². The van der Waals surface area contributed by atoms with Crippen LogP contribution in [0.3, 0.4) is 0 Å². The lowest BCUT2D eigenvalue weighted by Gasteiger charge is -2.15. The molecule has 5 heteroatoms. The molecule has 0 aromatic carbocycles. The molecule has 0 saturated carbocycles. The molecule has 2 N–H and O–H groups in total. The molecule has 94 valence electrons. The highest BCUT2D eigenvalue weighted by atomic mass is 16.5. The lowest BCUT2D eigenvalue weighted by molar-refractivity contribution is -0.142. The molecule has 0 radical (unpaired) electrons. The third-order valence-electron chi connectivity index (χ3n) is 2.18. The Balaban J connectivity index is 3.92. The maximum Gasteiger partial charge on any atom is 0.308 e. The van der Waals surface area contributed by atoms with E-state index in [0.717, 1.165) is 0 Å². The number of aliphatic carboxylic acids is 1. The lowest BCUT2D eigenvalue weighted by Crippen LogP contribution is -2.34. The summed E-state index contributed by atoms with van der Waals surface area (Å²) in [4.78, 5) is 22.1. The Kier molecular flexibility index (Phi) is 7.54. The van der Waals surface area contributed by atoms with Gasteiger partial charge in [0.05, 0.1) is 12.5 Å². The summed E-state index contributed by atoms with van der Waals surface area (Å²) in [6.45, 7) is 4.47. The summed E-state index contributed by atoms with van der Waals surface area (Å²) < 4.78 is 4.75. The van der Waals surface area contributed by atoms with E-state index in [1.807, 2.05) is 13.8 Å². The second-order valence-corrected chi connectivity index (χ2v) is 4.21. The molecular formula is C11H21NO4. The van der Waals surface area contributed by atoms with Crippen LogP contribution in [-0.2, 0) is 14.3 Å². The molecule has 0 bridgehead atoms. The van der Waals surface area contributed by atoms with Gasteiger partial charge in [-0.2, -0.15) is 0 Å². The Bertz CT molecular complexity index is 228. The molecule has 1 amide bonds. The zero-order chi connectivity index (χ0) is 12.6. The SMILES string of the molecule is COCCC(=O)NCC(CC(C)C)C(=O)O. The molecule has 0 rings (SSSR count). The van der Waals surface area contributed by atoms with Crippen molar-refractivity contribution in [3.05, 3.63) is 0 Å². The van der Waals surface area contributed by atoms with Crippen LogP contribution in [0.4, 0.5) is 0 Å². The van der Waals surface area contributed by atoms with Crippen molar-refractivity contribution in [3.63, 3.8) is 0 Å². The zero-order valence-corrected chi connectivity index (χ0v) is 10.2. The van der Waals surface area contributed by atoms with Gasteiger partial charge in [-0.1, -0.05) is 13.8 Å². The first-order valence-electron chi connectivity index (χ1n) is 5.45. The number of carboxylic acids is 1. The smallest absolute Gasteiger partial charge is 0.308 e. The van der Waals surface area contributed by atoms with Crippen LogP contribution in [-0.4, -0.2) is 37.2 Å². The van der Waals surface area contributed by atoms with Gasteiger partial charge < -0.3 is 15.2 Å². The Hall–Kier alpha value is -1.10. The summed E-state index contributed by atoms with van der Waals surface area (Å²) in [6.07, 6.45) is 0.838. The number of carbonyl (C=O) groups is 2. The summed E-state index contributed by atoms with van der Waals surface area (Å²) in [5.41, 5.74) is 0. The maximum atomic E-state index is 11.2. The Labute approximate surface area is 96.2 Å². The Morgan fingerprint density at radius 1 is 1.38 bits per heavy atom. The summed E-state index contributed by atoms with van der Waals surface area (Å²) in [6, 6.07) is 0. The molecule has 0 aliphatic rings. The topological polar surface area (TPSA) is 75.6 Å². The van der Waals surface area contributed by atoms with Crippen molar-refractivity contribution in [3.8, 4) is 0 Å². The van der Waals surface area contributed by atoms with Crippen LogP contribution in [0.2, 0.25) is 0 Å². The van der Waals surface area contributed by atoms with Crippen LogP contribution in [0.1, 0.15) is 26.7 Å². The second kappa shape index (κ2) is 8.10. The zero-order valence-electron chi connectivity index (χ0n) is 10.2. The molecule has 0 aromatic heterocycles. The minimum atomic E-state index is -0.860. The van der Waals surface area contributed by atoms with E-state index in [0.29, 0.717) is 18.9 Å². The van der Waals surface area contributed by atoms with E-state index in [9.17, 15) is 9.59 Å². The summed E-state index contributed by atoms with van der Waals surface area (Å²) >= 11 is 0. The van der Waals surface area contributed by atoms with Gasteiger partial charge in [0.15, 0.2) is 0 Å². The predicted octanol–water partition coefficient (Wildman–Crippen LogP) is 0.886. The van der Waals surface area contributed by atoms with Gasteiger partial charge in [-0.15, -0.1) is 0 Å². The summed E-state index contributed by atoms with van der Waals surface area (Å²) in [7, 11) is 1.52. The largest absolute Gasteiger partial charge is 0.481 e. The van der Waals surface area contributed by atoms with Crippen molar-refractivity contribution < 1.29 is 19.4 Å². The highest BCUT2D eigenvalue weighted by Gasteiger charge is 2.19. The fourth-order valence-corrected chi connectivity index (χ4v) is 1.36. The molecule has 5 nitrogen and oxygen atoms in total. The number of ether oxygens (including phenoxy) is 1. The Morgan fingerprint density at radius 2 is 2.00 bits per heavy atom. The molecule has 0 saturated heterocycles. The molecule has 1 unspecified atom stereocenters. The molecule has 16 heavy (non-hydrogen) atoms. The minimum Gasteiger partial charge on any atom is -0.481 e. The van der Waals surface area contributed by atoms with Crippen molar-refractivity contribution in [1.82, 2.24) is 5.32 Å². The van der Waals surface area contributed by atoms with Gasteiger partial charge >= 0.3 is 5.97 Å². The van der Waals surface area contributed by atoms with Crippen LogP contribution in [0, 0.1) is 11.8 Å². The van der Waals surface area contributed by atoms with Crippen LogP contribution in [0.5, 0.6) is 0 Å². The first kappa shape index (κ1) is 14.9. The molecule has 0 fully saturated rings. The van der Waals surface area contributed by atoms with Gasteiger partial charge in [0.1, 0.15) is 0 Å². The van der Waals surface area contributed by atoms with Gasteiger partial charge in [0.25, 0.3) is 0 Å². The van der Waals surface area contributed by atoms with Gasteiger partial charge in [0.2, 0.25) is 5.91 Å². The maximum absolute atomic E-state index is 11.2. The highest BCUT2D eigenvalue weighted by molar-refractivity contribution is 5.77. The van der Waals surface area contributed by atoms with E-state index < -0.39 is 11.9 Å². The highest BCUT2D eigenvalue weighted by Crippen LogP contribution is 2.11. The van der Waals surface area contributed by atoms with E-state index in [1.165, 1.54) is 7.11 Å².